The van der Waals surface area contributed by atoms with E-state index in [0.717, 1.165) is 4.57 Å². The summed E-state index contributed by atoms with van der Waals surface area (Å²) >= 11 is 0. The van der Waals surface area contributed by atoms with Gasteiger partial charge in [0.25, 0.3) is 11.5 Å². The van der Waals surface area contributed by atoms with Crippen LogP contribution in [0.15, 0.2) is 39.8 Å². The van der Waals surface area contributed by atoms with Crippen LogP contribution in [0.4, 0.5) is 4.79 Å². The van der Waals surface area contributed by atoms with E-state index in [9.17, 15) is 19.2 Å². The quantitative estimate of drug-likeness (QED) is 0.631. The number of nitrogens with zero attached hydrogens (tertiary/aromatic N) is 2. The number of rotatable bonds is 4. The number of para-hydroxylation sites is 1. The maximum atomic E-state index is 12.5. The average molecular weight is 400 g/mol. The van der Waals surface area contributed by atoms with Crippen LogP contribution in [-0.2, 0) is 20.9 Å². The third-order valence-corrected chi connectivity index (χ3v) is 3.76. The molecule has 2 aromatic heterocycles. The summed E-state index contributed by atoms with van der Waals surface area (Å²) in [6.45, 7) is 4.14. The number of carbonyl (C=O) groups excluding carboxylic acids is 3. The van der Waals surface area contributed by atoms with Crippen molar-refractivity contribution < 1.29 is 23.5 Å². The molecule has 10 heteroatoms. The van der Waals surface area contributed by atoms with E-state index in [-0.39, 0.29) is 5.58 Å². The van der Waals surface area contributed by atoms with E-state index in [0.29, 0.717) is 16.5 Å². The smallest absolute Gasteiger partial charge is 0.326 e. The van der Waals surface area contributed by atoms with Crippen LogP contribution in [0.1, 0.15) is 20.8 Å². The van der Waals surface area contributed by atoms with Crippen LogP contribution < -0.4 is 16.2 Å². The highest BCUT2D eigenvalue weighted by molar-refractivity contribution is 6.01. The van der Waals surface area contributed by atoms with E-state index >= 15 is 0 Å². The number of carbonyl (C=O) groups is 3. The normalized spacial score (nSPS) is 11.4. The first kappa shape index (κ1) is 20.1. The van der Waals surface area contributed by atoms with Crippen molar-refractivity contribution in [3.05, 3.63) is 40.9 Å². The van der Waals surface area contributed by atoms with Gasteiger partial charge in [-0.25, -0.2) is 9.78 Å². The van der Waals surface area contributed by atoms with Gasteiger partial charge in [0.15, 0.2) is 6.61 Å². The first-order valence-corrected chi connectivity index (χ1v) is 8.78. The molecule has 3 rings (SSSR count). The maximum absolute atomic E-state index is 12.5. The largest absolute Gasteiger partial charge is 0.454 e. The molecule has 10 nitrogen and oxygen atoms in total. The van der Waals surface area contributed by atoms with Crippen LogP contribution in [0.25, 0.3) is 22.1 Å². The number of ether oxygens (including phenoxy) is 1. The van der Waals surface area contributed by atoms with Gasteiger partial charge < -0.3 is 14.5 Å². The number of aromatic nitrogens is 2. The van der Waals surface area contributed by atoms with Crippen molar-refractivity contribution in [2.24, 2.45) is 0 Å². The van der Waals surface area contributed by atoms with Crippen LogP contribution in [0.3, 0.4) is 0 Å². The van der Waals surface area contributed by atoms with Gasteiger partial charge in [-0.05, 0) is 32.9 Å². The summed E-state index contributed by atoms with van der Waals surface area (Å²) in [7, 11) is 0. The zero-order valence-corrected chi connectivity index (χ0v) is 16.1. The van der Waals surface area contributed by atoms with Crippen molar-refractivity contribution in [3.8, 4) is 0 Å². The molecule has 0 unspecified atom stereocenters. The Morgan fingerprint density at radius 2 is 1.93 bits per heavy atom. The second-order valence-corrected chi connectivity index (χ2v) is 7.37. The highest BCUT2D eigenvalue weighted by Crippen LogP contribution is 2.23. The molecule has 3 amide bonds. The fourth-order valence-corrected chi connectivity index (χ4v) is 2.59. The predicted molar refractivity (Wildman–Crippen MR) is 103 cm³/mol. The van der Waals surface area contributed by atoms with Gasteiger partial charge in [0.05, 0.1) is 6.33 Å². The second-order valence-electron chi connectivity index (χ2n) is 7.37. The first-order valence-electron chi connectivity index (χ1n) is 8.78. The van der Waals surface area contributed by atoms with E-state index in [1.165, 1.54) is 6.33 Å². The van der Waals surface area contributed by atoms with Gasteiger partial charge in [-0.15, -0.1) is 0 Å². The SMILES string of the molecule is CC(C)(C)NC(=O)NC(=O)COC(=O)Cn1cnc2c(oc3ccccc32)c1=O. The fourth-order valence-electron chi connectivity index (χ4n) is 2.59. The van der Waals surface area contributed by atoms with E-state index < -0.39 is 42.2 Å². The lowest BCUT2D eigenvalue weighted by Gasteiger charge is -2.20. The molecule has 0 aliphatic rings. The van der Waals surface area contributed by atoms with E-state index in [4.69, 9.17) is 9.15 Å². The number of nitrogens with one attached hydrogen (secondary N) is 2. The van der Waals surface area contributed by atoms with Crippen LogP contribution in [0, 0.1) is 0 Å². The number of benzene rings is 1. The van der Waals surface area contributed by atoms with Crippen molar-refractivity contribution >= 4 is 40.0 Å². The topological polar surface area (TPSA) is 133 Å². The van der Waals surface area contributed by atoms with Gasteiger partial charge in [0.1, 0.15) is 17.6 Å². The van der Waals surface area contributed by atoms with Crippen molar-refractivity contribution in [1.82, 2.24) is 20.2 Å². The molecule has 29 heavy (non-hydrogen) atoms. The van der Waals surface area contributed by atoms with Crippen LogP contribution in [0.5, 0.6) is 0 Å². The Morgan fingerprint density at radius 1 is 1.21 bits per heavy atom. The Morgan fingerprint density at radius 3 is 2.66 bits per heavy atom. The molecule has 0 atom stereocenters. The molecule has 1 aromatic carbocycles. The molecule has 0 aliphatic heterocycles. The standard InChI is InChI=1S/C19H20N4O6/c1-19(2,3)22-18(27)21-13(24)9-28-14(25)8-23-10-20-15-11-6-4-5-7-12(11)29-16(15)17(23)26/h4-7,10H,8-9H2,1-3H3,(H2,21,22,24,27). The molecule has 0 saturated carbocycles. The molecule has 0 fully saturated rings. The van der Waals surface area contributed by atoms with Crippen LogP contribution >= 0.6 is 0 Å². The van der Waals surface area contributed by atoms with Gasteiger partial charge in [-0.1, -0.05) is 12.1 Å². The summed E-state index contributed by atoms with van der Waals surface area (Å²) in [6.07, 6.45) is 1.21. The van der Waals surface area contributed by atoms with Crippen molar-refractivity contribution in [2.45, 2.75) is 32.9 Å². The van der Waals surface area contributed by atoms with E-state index in [2.05, 4.69) is 10.3 Å². The summed E-state index contributed by atoms with van der Waals surface area (Å²) in [5, 5.41) is 5.28. The molecule has 152 valence electrons. The Balaban J connectivity index is 1.62. The van der Waals surface area contributed by atoms with Crippen molar-refractivity contribution in [2.75, 3.05) is 6.61 Å². The molecule has 0 aliphatic carbocycles. The number of esters is 1. The molecule has 0 spiro atoms. The maximum Gasteiger partial charge on any atom is 0.326 e. The third kappa shape index (κ3) is 4.78. The number of hydrogen-bond acceptors (Lipinski definition) is 7. The van der Waals surface area contributed by atoms with Gasteiger partial charge >= 0.3 is 12.0 Å². The zero-order valence-electron chi connectivity index (χ0n) is 16.1. The minimum atomic E-state index is -0.837. The van der Waals surface area contributed by atoms with Crippen LogP contribution in [0.2, 0.25) is 0 Å². The summed E-state index contributed by atoms with van der Waals surface area (Å²) in [4.78, 5) is 52.0. The van der Waals surface area contributed by atoms with E-state index in [1.807, 2.05) is 5.32 Å². The number of fused-ring (bicyclic) bond motifs is 3. The van der Waals surface area contributed by atoms with Gasteiger partial charge in [-0.2, -0.15) is 0 Å². The molecule has 2 N–H and O–H groups in total. The zero-order chi connectivity index (χ0) is 21.2. The summed E-state index contributed by atoms with van der Waals surface area (Å²) in [5.74, 6) is -1.63. The van der Waals surface area contributed by atoms with Crippen molar-refractivity contribution in [1.29, 1.82) is 0 Å². The lowest BCUT2D eigenvalue weighted by Crippen LogP contribution is -2.49. The highest BCUT2D eigenvalue weighted by Gasteiger charge is 2.18. The third-order valence-electron chi connectivity index (χ3n) is 3.76. The summed E-state index contributed by atoms with van der Waals surface area (Å²) < 4.78 is 11.4. The minimum Gasteiger partial charge on any atom is -0.454 e. The lowest BCUT2D eigenvalue weighted by molar-refractivity contribution is -0.148. The second kappa shape index (κ2) is 7.74. The molecule has 3 aromatic rings. The highest BCUT2D eigenvalue weighted by atomic mass is 16.5. The minimum absolute atomic E-state index is 0.0260. The Labute approximate surface area is 164 Å². The van der Waals surface area contributed by atoms with Gasteiger partial charge in [0, 0.05) is 10.9 Å². The summed E-state index contributed by atoms with van der Waals surface area (Å²) in [5.41, 5.74) is -0.128. The first-order chi connectivity index (χ1) is 13.6. The monoisotopic (exact) mass is 400 g/mol. The van der Waals surface area contributed by atoms with Crippen LogP contribution in [-0.4, -0.2) is 39.6 Å². The molecule has 0 bridgehead atoms. The lowest BCUT2D eigenvalue weighted by atomic mass is 10.1. The molecule has 2 heterocycles. The van der Waals surface area contributed by atoms with Crippen molar-refractivity contribution in [3.63, 3.8) is 0 Å². The number of imide groups is 1. The Hall–Kier alpha value is -3.69. The molecular formula is C19H20N4O6. The van der Waals surface area contributed by atoms with E-state index in [1.54, 1.807) is 45.0 Å². The summed E-state index contributed by atoms with van der Waals surface area (Å²) in [6, 6.07) is 6.36. The fraction of sp³-hybridized carbons (Fsp3) is 0.316. The molecule has 0 radical (unpaired) electrons. The van der Waals surface area contributed by atoms with Gasteiger partial charge in [-0.3, -0.25) is 24.3 Å². The Kier molecular flexibility index (Phi) is 5.35. The predicted octanol–water partition coefficient (Wildman–Crippen LogP) is 1.31. The Bertz CT molecular complexity index is 1150. The average Bonchev–Trinajstić information content (AvgIpc) is 3.00. The molecule has 0 saturated heterocycles. The number of hydrogen-bond donors (Lipinski definition) is 2. The number of furan rings is 1. The number of amides is 3. The molecular weight excluding hydrogens is 380 g/mol. The van der Waals surface area contributed by atoms with Gasteiger partial charge in [0.2, 0.25) is 5.58 Å². The number of urea groups is 1.